The summed E-state index contributed by atoms with van der Waals surface area (Å²) < 4.78 is 88.9. The Labute approximate surface area is 174 Å². The quantitative estimate of drug-likeness (QED) is 0.288. The fraction of sp³-hybridized carbons (Fsp3) is 0.0435. The number of furan rings is 1. The number of halogens is 5. The average molecular weight is 448 g/mol. The first-order valence-electron chi connectivity index (χ1n) is 9.08. The molecule has 0 atom stereocenters. The molecule has 0 fully saturated rings. The third-order valence-corrected chi connectivity index (χ3v) is 7.93. The maximum Gasteiger partial charge on any atom is 0.420 e. The lowest BCUT2D eigenvalue weighted by molar-refractivity contribution is -0.137. The fourth-order valence-corrected chi connectivity index (χ4v) is 6.31. The molecule has 158 valence electrons. The molecule has 1 heterocycles. The Kier molecular flexibility index (Phi) is 5.31. The predicted molar refractivity (Wildman–Crippen MR) is 108 cm³/mol. The standard InChI is InChI=1S/C23H14F5O2P/c24-16-6-10-18(11-7-16)31(29,19-12-8-17(25)9-13-19)22-20(23(26,27)28)14-30-21(22)15-4-2-1-3-5-15/h1-14H. The van der Waals surface area contributed by atoms with E-state index >= 15 is 0 Å². The predicted octanol–water partition coefficient (Wildman–Crippen LogP) is 5.88. The first kappa shape index (κ1) is 21.1. The fourth-order valence-electron chi connectivity index (χ4n) is 3.37. The first-order valence-corrected chi connectivity index (χ1v) is 10.8. The second-order valence-corrected chi connectivity index (χ2v) is 9.45. The van der Waals surface area contributed by atoms with Crippen LogP contribution in [0.1, 0.15) is 5.56 Å². The second kappa shape index (κ2) is 7.82. The van der Waals surface area contributed by atoms with Crippen molar-refractivity contribution in [3.05, 3.63) is 102 Å². The zero-order chi connectivity index (χ0) is 22.2. The summed E-state index contributed by atoms with van der Waals surface area (Å²) in [6.45, 7) is 0. The molecule has 0 spiro atoms. The number of hydrogen-bond acceptors (Lipinski definition) is 2. The molecule has 0 aliphatic rings. The molecule has 1 aromatic heterocycles. The third kappa shape index (κ3) is 3.81. The van der Waals surface area contributed by atoms with Gasteiger partial charge in [0.15, 0.2) is 7.14 Å². The van der Waals surface area contributed by atoms with Crippen LogP contribution in [0.3, 0.4) is 0 Å². The molecule has 0 aliphatic carbocycles. The van der Waals surface area contributed by atoms with Crippen molar-refractivity contribution in [1.82, 2.24) is 0 Å². The molecule has 2 nitrogen and oxygen atoms in total. The summed E-state index contributed by atoms with van der Waals surface area (Å²) in [5.74, 6) is -1.49. The van der Waals surface area contributed by atoms with E-state index in [-0.39, 0.29) is 21.9 Å². The van der Waals surface area contributed by atoms with Gasteiger partial charge in [-0.15, -0.1) is 0 Å². The normalized spacial score (nSPS) is 12.2. The highest BCUT2D eigenvalue weighted by atomic mass is 31.2. The van der Waals surface area contributed by atoms with Crippen LogP contribution in [0.25, 0.3) is 11.3 Å². The van der Waals surface area contributed by atoms with Crippen LogP contribution in [-0.2, 0) is 10.7 Å². The van der Waals surface area contributed by atoms with E-state index in [1.54, 1.807) is 18.2 Å². The summed E-state index contributed by atoms with van der Waals surface area (Å²) in [6.07, 6.45) is -4.35. The summed E-state index contributed by atoms with van der Waals surface area (Å²) in [5.41, 5.74) is -0.916. The van der Waals surface area contributed by atoms with Crippen molar-refractivity contribution < 1.29 is 30.9 Å². The smallest absolute Gasteiger partial charge is 0.420 e. The minimum absolute atomic E-state index is 0.0374. The maximum atomic E-state index is 14.6. The Morgan fingerprint density at radius 2 is 1.19 bits per heavy atom. The van der Waals surface area contributed by atoms with Crippen molar-refractivity contribution in [1.29, 1.82) is 0 Å². The summed E-state index contributed by atoms with van der Waals surface area (Å²) >= 11 is 0. The van der Waals surface area contributed by atoms with E-state index in [0.717, 1.165) is 24.3 Å². The van der Waals surface area contributed by atoms with Gasteiger partial charge in [-0.25, -0.2) is 8.78 Å². The van der Waals surface area contributed by atoms with E-state index in [1.807, 2.05) is 0 Å². The minimum atomic E-state index is -4.87. The third-order valence-electron chi connectivity index (χ3n) is 4.80. The number of hydrogen-bond donors (Lipinski definition) is 0. The van der Waals surface area contributed by atoms with E-state index < -0.39 is 35.8 Å². The maximum absolute atomic E-state index is 14.6. The highest BCUT2D eigenvalue weighted by molar-refractivity contribution is 7.85. The monoisotopic (exact) mass is 448 g/mol. The second-order valence-electron chi connectivity index (χ2n) is 6.75. The van der Waals surface area contributed by atoms with Crippen molar-refractivity contribution in [2.75, 3.05) is 0 Å². The number of rotatable bonds is 4. The molecule has 3 aromatic carbocycles. The average Bonchev–Trinajstić information content (AvgIpc) is 3.21. The van der Waals surface area contributed by atoms with E-state index in [4.69, 9.17) is 4.42 Å². The van der Waals surface area contributed by atoms with Gasteiger partial charge >= 0.3 is 6.18 Å². The van der Waals surface area contributed by atoms with Crippen LogP contribution in [0, 0.1) is 11.6 Å². The number of benzene rings is 3. The molecular formula is C23H14F5O2P. The molecule has 0 bridgehead atoms. The molecule has 0 saturated carbocycles. The Morgan fingerprint density at radius 3 is 1.65 bits per heavy atom. The van der Waals surface area contributed by atoms with Gasteiger partial charge in [0.1, 0.15) is 29.2 Å². The lowest BCUT2D eigenvalue weighted by Crippen LogP contribution is -2.30. The zero-order valence-electron chi connectivity index (χ0n) is 15.7. The van der Waals surface area contributed by atoms with E-state index in [2.05, 4.69) is 0 Å². The Hall–Kier alpha value is -3.18. The van der Waals surface area contributed by atoms with Gasteiger partial charge in [0, 0.05) is 16.2 Å². The molecule has 0 N–H and O–H groups in total. The summed E-state index contributed by atoms with van der Waals surface area (Å²) in [7, 11) is -4.25. The Balaban J connectivity index is 2.11. The SMILES string of the molecule is O=P(c1ccc(F)cc1)(c1ccc(F)cc1)c1c(C(F)(F)F)coc1-c1ccccc1. The number of alkyl halides is 3. The zero-order valence-corrected chi connectivity index (χ0v) is 16.6. The van der Waals surface area contributed by atoms with Crippen molar-refractivity contribution in [3.8, 4) is 11.3 Å². The van der Waals surface area contributed by atoms with Crippen molar-refractivity contribution in [2.45, 2.75) is 6.18 Å². The minimum Gasteiger partial charge on any atom is -0.463 e. The molecular weight excluding hydrogens is 434 g/mol. The highest BCUT2D eigenvalue weighted by Gasteiger charge is 2.45. The molecule has 4 aromatic rings. The summed E-state index contributed by atoms with van der Waals surface area (Å²) in [4.78, 5) is 0. The van der Waals surface area contributed by atoms with Crippen LogP contribution in [0.4, 0.5) is 22.0 Å². The van der Waals surface area contributed by atoms with Gasteiger partial charge in [-0.05, 0) is 48.5 Å². The van der Waals surface area contributed by atoms with Gasteiger partial charge in [-0.2, -0.15) is 13.2 Å². The van der Waals surface area contributed by atoms with Gasteiger partial charge in [-0.1, -0.05) is 30.3 Å². The molecule has 31 heavy (non-hydrogen) atoms. The van der Waals surface area contributed by atoms with Crippen LogP contribution in [0.5, 0.6) is 0 Å². The molecule has 0 radical (unpaired) electrons. The molecule has 8 heteroatoms. The molecule has 0 saturated heterocycles. The molecule has 0 aliphatic heterocycles. The lowest BCUT2D eigenvalue weighted by atomic mass is 10.1. The van der Waals surface area contributed by atoms with Crippen molar-refractivity contribution in [2.24, 2.45) is 0 Å². The van der Waals surface area contributed by atoms with Gasteiger partial charge in [-0.3, -0.25) is 0 Å². The van der Waals surface area contributed by atoms with Crippen molar-refractivity contribution >= 4 is 23.1 Å². The first-order chi connectivity index (χ1) is 14.7. The highest BCUT2D eigenvalue weighted by Crippen LogP contribution is 2.49. The van der Waals surface area contributed by atoms with Crippen LogP contribution < -0.4 is 15.9 Å². The van der Waals surface area contributed by atoms with Crippen molar-refractivity contribution in [3.63, 3.8) is 0 Å². The van der Waals surface area contributed by atoms with E-state index in [0.29, 0.717) is 6.26 Å². The van der Waals surface area contributed by atoms with Gasteiger partial charge in [0.25, 0.3) is 0 Å². The summed E-state index contributed by atoms with van der Waals surface area (Å²) in [5, 5.41) is -0.640. The van der Waals surface area contributed by atoms with Gasteiger partial charge < -0.3 is 8.98 Å². The lowest BCUT2D eigenvalue weighted by Gasteiger charge is -2.22. The van der Waals surface area contributed by atoms with Crippen LogP contribution in [0.15, 0.2) is 89.5 Å². The van der Waals surface area contributed by atoms with Crippen LogP contribution >= 0.6 is 7.14 Å². The van der Waals surface area contributed by atoms with Gasteiger partial charge in [0.05, 0.1) is 5.30 Å². The molecule has 0 unspecified atom stereocenters. The summed E-state index contributed by atoms with van der Waals surface area (Å²) in [6, 6.07) is 16.7. The molecule has 0 amide bonds. The Bertz CT molecular complexity index is 1190. The van der Waals surface area contributed by atoms with E-state index in [1.165, 1.54) is 36.4 Å². The van der Waals surface area contributed by atoms with E-state index in [9.17, 15) is 26.5 Å². The topological polar surface area (TPSA) is 30.2 Å². The van der Waals surface area contributed by atoms with Crippen LogP contribution in [0.2, 0.25) is 0 Å². The van der Waals surface area contributed by atoms with Gasteiger partial charge in [0.2, 0.25) is 0 Å². The van der Waals surface area contributed by atoms with Crippen LogP contribution in [-0.4, -0.2) is 0 Å². The molecule has 4 rings (SSSR count). The largest absolute Gasteiger partial charge is 0.463 e. The Morgan fingerprint density at radius 1 is 0.710 bits per heavy atom.